The van der Waals surface area contributed by atoms with Crippen LogP contribution in [-0.2, 0) is 11.2 Å². The lowest BCUT2D eigenvalue weighted by Gasteiger charge is -2.26. The molecule has 1 aromatic carbocycles. The van der Waals surface area contributed by atoms with Crippen molar-refractivity contribution in [3.63, 3.8) is 0 Å². The smallest absolute Gasteiger partial charge is 0.317 e. The van der Waals surface area contributed by atoms with E-state index in [1.54, 1.807) is 4.90 Å². The fourth-order valence-electron chi connectivity index (χ4n) is 2.40. The average molecular weight is 300 g/mol. The van der Waals surface area contributed by atoms with Gasteiger partial charge in [0.25, 0.3) is 0 Å². The van der Waals surface area contributed by atoms with Gasteiger partial charge in [0.2, 0.25) is 0 Å². The number of ether oxygens (including phenoxy) is 1. The lowest BCUT2D eigenvalue weighted by Crippen LogP contribution is -2.46. The average Bonchev–Trinajstić information content (AvgIpc) is 3.05. The van der Waals surface area contributed by atoms with Crippen LogP contribution in [0.4, 0.5) is 4.79 Å². The van der Waals surface area contributed by atoms with Crippen molar-refractivity contribution in [1.82, 2.24) is 20.0 Å². The van der Waals surface area contributed by atoms with Crippen LogP contribution in [0.2, 0.25) is 0 Å². The van der Waals surface area contributed by atoms with E-state index in [0.717, 1.165) is 17.8 Å². The summed E-state index contributed by atoms with van der Waals surface area (Å²) in [6, 6.07) is 11.9. The Morgan fingerprint density at radius 1 is 1.18 bits per heavy atom. The molecule has 1 N–H and O–H groups in total. The maximum atomic E-state index is 11.9. The molecular weight excluding hydrogens is 280 g/mol. The van der Waals surface area contributed by atoms with E-state index in [0.29, 0.717) is 32.8 Å². The van der Waals surface area contributed by atoms with Crippen LogP contribution < -0.4 is 5.32 Å². The van der Waals surface area contributed by atoms with E-state index in [4.69, 9.17) is 4.74 Å². The van der Waals surface area contributed by atoms with Gasteiger partial charge in [-0.25, -0.2) is 9.48 Å². The maximum Gasteiger partial charge on any atom is 0.317 e. The summed E-state index contributed by atoms with van der Waals surface area (Å²) in [5, 5.41) is 7.45. The van der Waals surface area contributed by atoms with Gasteiger partial charge in [-0.2, -0.15) is 5.10 Å². The minimum Gasteiger partial charge on any atom is -0.378 e. The van der Waals surface area contributed by atoms with Gasteiger partial charge in [0, 0.05) is 32.3 Å². The van der Waals surface area contributed by atoms with E-state index in [1.807, 2.05) is 47.3 Å². The monoisotopic (exact) mass is 300 g/mol. The molecule has 22 heavy (non-hydrogen) atoms. The molecule has 116 valence electrons. The molecule has 0 bridgehead atoms. The number of para-hydroxylation sites is 1. The molecule has 6 heteroatoms. The van der Waals surface area contributed by atoms with Crippen molar-refractivity contribution in [1.29, 1.82) is 0 Å². The minimum absolute atomic E-state index is 0.0224. The second-order valence-corrected chi connectivity index (χ2v) is 5.17. The summed E-state index contributed by atoms with van der Waals surface area (Å²) < 4.78 is 7.08. The van der Waals surface area contributed by atoms with Gasteiger partial charge in [0.05, 0.1) is 24.6 Å². The zero-order valence-corrected chi connectivity index (χ0v) is 12.4. The molecule has 6 nitrogen and oxygen atoms in total. The van der Waals surface area contributed by atoms with Crippen molar-refractivity contribution < 1.29 is 9.53 Å². The van der Waals surface area contributed by atoms with Crippen molar-refractivity contribution in [2.75, 3.05) is 32.8 Å². The Morgan fingerprint density at radius 3 is 2.73 bits per heavy atom. The quantitative estimate of drug-likeness (QED) is 0.930. The van der Waals surface area contributed by atoms with Gasteiger partial charge in [-0.05, 0) is 18.2 Å². The van der Waals surface area contributed by atoms with Crippen LogP contribution in [0.5, 0.6) is 0 Å². The first-order valence-electron chi connectivity index (χ1n) is 7.53. The second-order valence-electron chi connectivity index (χ2n) is 5.17. The highest BCUT2D eigenvalue weighted by molar-refractivity contribution is 5.74. The maximum absolute atomic E-state index is 11.9. The Labute approximate surface area is 129 Å². The topological polar surface area (TPSA) is 59.4 Å². The third-order valence-corrected chi connectivity index (χ3v) is 3.62. The highest BCUT2D eigenvalue weighted by Gasteiger charge is 2.15. The molecule has 0 atom stereocenters. The number of carbonyl (C=O) groups excluding carboxylic acids is 1. The van der Waals surface area contributed by atoms with Crippen molar-refractivity contribution in [3.8, 4) is 5.69 Å². The number of urea groups is 1. The summed E-state index contributed by atoms with van der Waals surface area (Å²) in [7, 11) is 0. The Morgan fingerprint density at radius 2 is 1.95 bits per heavy atom. The van der Waals surface area contributed by atoms with E-state index in [-0.39, 0.29) is 6.03 Å². The summed E-state index contributed by atoms with van der Waals surface area (Å²) in [4.78, 5) is 13.7. The molecule has 1 saturated heterocycles. The van der Waals surface area contributed by atoms with E-state index >= 15 is 0 Å². The summed E-state index contributed by atoms with van der Waals surface area (Å²) in [6.07, 6.45) is 2.66. The summed E-state index contributed by atoms with van der Waals surface area (Å²) >= 11 is 0. The molecule has 1 fully saturated rings. The molecule has 0 spiro atoms. The molecule has 2 aromatic rings. The predicted molar refractivity (Wildman–Crippen MR) is 83.1 cm³/mol. The minimum atomic E-state index is -0.0224. The molecular formula is C16H20N4O2. The van der Waals surface area contributed by atoms with Crippen molar-refractivity contribution in [2.24, 2.45) is 0 Å². The number of hydrogen-bond acceptors (Lipinski definition) is 3. The van der Waals surface area contributed by atoms with Crippen LogP contribution >= 0.6 is 0 Å². The second kappa shape index (κ2) is 7.09. The van der Waals surface area contributed by atoms with Crippen LogP contribution in [-0.4, -0.2) is 53.6 Å². The molecule has 3 rings (SSSR count). The van der Waals surface area contributed by atoms with E-state index in [1.165, 1.54) is 0 Å². The van der Waals surface area contributed by atoms with Crippen molar-refractivity contribution in [2.45, 2.75) is 6.42 Å². The lowest BCUT2D eigenvalue weighted by atomic mass is 10.3. The van der Waals surface area contributed by atoms with Crippen molar-refractivity contribution >= 4 is 6.03 Å². The third kappa shape index (κ3) is 3.65. The van der Waals surface area contributed by atoms with Crippen LogP contribution in [0.15, 0.2) is 42.6 Å². The standard InChI is InChI=1S/C16H20N4O2/c21-16(19-10-12-22-13-11-19)17-8-6-14-7-9-20(18-14)15-4-2-1-3-5-15/h1-5,7,9H,6,8,10-13H2,(H,17,21). The van der Waals surface area contributed by atoms with E-state index in [9.17, 15) is 4.79 Å². The highest BCUT2D eigenvalue weighted by Crippen LogP contribution is 2.07. The largest absolute Gasteiger partial charge is 0.378 e. The molecule has 1 aromatic heterocycles. The van der Waals surface area contributed by atoms with Gasteiger partial charge in [0.15, 0.2) is 0 Å². The Kier molecular flexibility index (Phi) is 4.70. The zero-order chi connectivity index (χ0) is 15.2. The fourth-order valence-corrected chi connectivity index (χ4v) is 2.40. The van der Waals surface area contributed by atoms with Gasteiger partial charge in [-0.15, -0.1) is 0 Å². The molecule has 0 saturated carbocycles. The molecule has 2 amide bonds. The van der Waals surface area contributed by atoms with E-state index in [2.05, 4.69) is 10.4 Å². The number of carbonyl (C=O) groups is 1. The number of nitrogens with zero attached hydrogens (tertiary/aromatic N) is 3. The fraction of sp³-hybridized carbons (Fsp3) is 0.375. The first-order valence-corrected chi connectivity index (χ1v) is 7.53. The van der Waals surface area contributed by atoms with Crippen LogP contribution in [0.25, 0.3) is 5.69 Å². The molecule has 1 aliphatic rings. The van der Waals surface area contributed by atoms with E-state index < -0.39 is 0 Å². The van der Waals surface area contributed by atoms with Crippen LogP contribution in [0, 0.1) is 0 Å². The molecule has 0 aliphatic carbocycles. The summed E-state index contributed by atoms with van der Waals surface area (Å²) in [5.74, 6) is 0. The highest BCUT2D eigenvalue weighted by atomic mass is 16.5. The molecule has 0 radical (unpaired) electrons. The van der Waals surface area contributed by atoms with Gasteiger partial charge >= 0.3 is 6.03 Å². The van der Waals surface area contributed by atoms with Crippen LogP contribution in [0.1, 0.15) is 5.69 Å². The number of nitrogens with one attached hydrogen (secondary N) is 1. The van der Waals surface area contributed by atoms with Gasteiger partial charge < -0.3 is 15.0 Å². The zero-order valence-electron chi connectivity index (χ0n) is 12.4. The van der Waals surface area contributed by atoms with Gasteiger partial charge in [-0.1, -0.05) is 18.2 Å². The first kappa shape index (κ1) is 14.6. The predicted octanol–water partition coefficient (Wildman–Crippen LogP) is 1.46. The number of rotatable bonds is 4. The first-order chi connectivity index (χ1) is 10.8. The van der Waals surface area contributed by atoms with Crippen molar-refractivity contribution in [3.05, 3.63) is 48.3 Å². The molecule has 0 unspecified atom stereocenters. The Bertz CT molecular complexity index is 606. The SMILES string of the molecule is O=C(NCCc1ccn(-c2ccccc2)n1)N1CCOCC1. The summed E-state index contributed by atoms with van der Waals surface area (Å²) in [6.45, 7) is 3.15. The number of hydrogen-bond donors (Lipinski definition) is 1. The lowest BCUT2D eigenvalue weighted by molar-refractivity contribution is 0.0533. The number of benzene rings is 1. The van der Waals surface area contributed by atoms with Gasteiger partial charge in [0.1, 0.15) is 0 Å². The summed E-state index contributed by atoms with van der Waals surface area (Å²) in [5.41, 5.74) is 2.00. The third-order valence-electron chi connectivity index (χ3n) is 3.62. The molecule has 1 aliphatic heterocycles. The Balaban J connectivity index is 1.48. The Hall–Kier alpha value is -2.34. The number of aromatic nitrogens is 2. The number of amides is 2. The number of morpholine rings is 1. The van der Waals surface area contributed by atoms with Crippen LogP contribution in [0.3, 0.4) is 0 Å². The molecule has 2 heterocycles. The van der Waals surface area contributed by atoms with Gasteiger partial charge in [-0.3, -0.25) is 0 Å². The normalized spacial score (nSPS) is 14.8.